The Morgan fingerprint density at radius 3 is 2.68 bits per heavy atom. The van der Waals surface area contributed by atoms with Crippen LogP contribution in [0.25, 0.3) is 0 Å². The van der Waals surface area contributed by atoms with E-state index >= 15 is 0 Å². The first-order valence-electron chi connectivity index (χ1n) is 10.3. The monoisotopic (exact) mass is 410 g/mol. The van der Waals surface area contributed by atoms with Crippen LogP contribution in [0.15, 0.2) is 77.0 Å². The van der Waals surface area contributed by atoms with Crippen LogP contribution in [-0.4, -0.2) is 36.0 Å². The van der Waals surface area contributed by atoms with Crippen LogP contribution in [0, 0.1) is 0 Å². The number of pyridine rings is 1. The third-order valence-corrected chi connectivity index (χ3v) is 5.70. The molecule has 0 aliphatic carbocycles. The molecule has 1 N–H and O–H groups in total. The quantitative estimate of drug-likeness (QED) is 0.675. The van der Waals surface area contributed by atoms with Gasteiger partial charge in [0.2, 0.25) is 0 Å². The Morgan fingerprint density at radius 1 is 1.10 bits per heavy atom. The number of amides is 1. The van der Waals surface area contributed by atoms with Crippen LogP contribution in [0.1, 0.15) is 33.9 Å². The Hall–Kier alpha value is -3.64. The van der Waals surface area contributed by atoms with E-state index in [-0.39, 0.29) is 12.0 Å². The number of aromatic nitrogens is 1. The fourth-order valence-corrected chi connectivity index (χ4v) is 4.08. The van der Waals surface area contributed by atoms with E-state index in [2.05, 4.69) is 27.4 Å². The van der Waals surface area contributed by atoms with Crippen LogP contribution in [-0.2, 0) is 22.5 Å². The van der Waals surface area contributed by atoms with E-state index in [0.717, 1.165) is 33.7 Å². The van der Waals surface area contributed by atoms with Crippen molar-refractivity contribution in [2.24, 2.45) is 9.98 Å². The molecule has 1 amide bonds. The number of methoxy groups -OCH3 is 1. The molecular weight excluding hydrogens is 388 g/mol. The molecule has 2 aromatic carbocycles. The molecule has 0 radical (unpaired) electrons. The minimum Gasteiger partial charge on any atom is -0.375 e. The second-order valence-corrected chi connectivity index (χ2v) is 7.62. The zero-order valence-corrected chi connectivity index (χ0v) is 17.2. The van der Waals surface area contributed by atoms with Crippen LogP contribution in [0.2, 0.25) is 0 Å². The van der Waals surface area contributed by atoms with Gasteiger partial charge in [0.05, 0.1) is 24.0 Å². The minimum atomic E-state index is -0.197. The van der Waals surface area contributed by atoms with Gasteiger partial charge in [0.15, 0.2) is 0 Å². The van der Waals surface area contributed by atoms with Gasteiger partial charge in [0.1, 0.15) is 5.71 Å². The van der Waals surface area contributed by atoms with E-state index in [9.17, 15) is 4.79 Å². The Labute approximate surface area is 180 Å². The smallest absolute Gasteiger partial charge is 0.266 e. The predicted molar refractivity (Wildman–Crippen MR) is 120 cm³/mol. The number of nitrogens with zero attached hydrogens (tertiary/aromatic N) is 3. The van der Waals surface area contributed by atoms with Gasteiger partial charge < -0.3 is 10.1 Å². The third-order valence-electron chi connectivity index (χ3n) is 5.70. The van der Waals surface area contributed by atoms with Crippen LogP contribution in [0.4, 0.5) is 5.69 Å². The lowest BCUT2D eigenvalue weighted by molar-refractivity contribution is -0.115. The van der Waals surface area contributed by atoms with Crippen molar-refractivity contribution in [1.82, 2.24) is 10.3 Å². The zero-order chi connectivity index (χ0) is 21.2. The highest BCUT2D eigenvalue weighted by atomic mass is 16.5. The number of ether oxygens (including phenoxy) is 1. The number of nitrogens with one attached hydrogen (secondary N) is 1. The van der Waals surface area contributed by atoms with Crippen molar-refractivity contribution < 1.29 is 9.53 Å². The number of carbonyl (C=O) groups is 1. The number of rotatable bonds is 6. The van der Waals surface area contributed by atoms with Gasteiger partial charge in [0.25, 0.3) is 5.91 Å². The summed E-state index contributed by atoms with van der Waals surface area (Å²) >= 11 is 0. The highest BCUT2D eigenvalue weighted by Gasteiger charge is 2.26. The number of hydrogen-bond donors (Lipinski definition) is 1. The molecule has 6 heteroatoms. The van der Waals surface area contributed by atoms with Gasteiger partial charge in [-0.25, -0.2) is 4.99 Å². The first-order chi connectivity index (χ1) is 15.2. The van der Waals surface area contributed by atoms with Crippen molar-refractivity contribution in [2.45, 2.75) is 19.1 Å². The van der Waals surface area contributed by atoms with Gasteiger partial charge in [-0.3, -0.25) is 14.8 Å². The minimum absolute atomic E-state index is 0.155. The molecule has 0 spiro atoms. The largest absolute Gasteiger partial charge is 0.375 e. The summed E-state index contributed by atoms with van der Waals surface area (Å²) in [4.78, 5) is 26.2. The second kappa shape index (κ2) is 8.24. The SMILES string of the molecule is COC(CNC(=O)C1=Nc2cc3c(cc2C1)CN=C3c1ccncc1)c1ccccc1. The fourth-order valence-electron chi connectivity index (χ4n) is 4.08. The summed E-state index contributed by atoms with van der Waals surface area (Å²) in [6.45, 7) is 1.04. The van der Waals surface area contributed by atoms with E-state index in [1.165, 1.54) is 5.56 Å². The van der Waals surface area contributed by atoms with Gasteiger partial charge in [-0.05, 0) is 34.9 Å². The molecule has 3 heterocycles. The van der Waals surface area contributed by atoms with Gasteiger partial charge in [-0.2, -0.15) is 0 Å². The van der Waals surface area contributed by atoms with Gasteiger partial charge in [0, 0.05) is 43.6 Å². The van der Waals surface area contributed by atoms with E-state index < -0.39 is 0 Å². The molecule has 31 heavy (non-hydrogen) atoms. The molecule has 1 unspecified atom stereocenters. The molecular formula is C25H22N4O2. The van der Waals surface area contributed by atoms with Crippen molar-refractivity contribution in [3.05, 3.63) is 94.8 Å². The third kappa shape index (κ3) is 3.78. The average Bonchev–Trinajstić information content (AvgIpc) is 3.42. The number of carbonyl (C=O) groups excluding carboxylic acids is 1. The lowest BCUT2D eigenvalue weighted by Gasteiger charge is -2.16. The number of fused-ring (bicyclic) bond motifs is 2. The maximum absolute atomic E-state index is 12.8. The molecule has 0 bridgehead atoms. The summed E-state index contributed by atoms with van der Waals surface area (Å²) in [6, 6.07) is 18.0. The van der Waals surface area contributed by atoms with Gasteiger partial charge in [-0.1, -0.05) is 36.4 Å². The van der Waals surface area contributed by atoms with Crippen molar-refractivity contribution >= 4 is 23.0 Å². The summed E-state index contributed by atoms with van der Waals surface area (Å²) in [6.07, 6.45) is 3.87. The van der Waals surface area contributed by atoms with Crippen molar-refractivity contribution in [2.75, 3.05) is 13.7 Å². The molecule has 0 fully saturated rings. The first kappa shape index (κ1) is 19.3. The predicted octanol–water partition coefficient (Wildman–Crippen LogP) is 3.57. The standard InChI is InChI=1S/C25H22N4O2/c1-31-23(16-5-3-2-4-6-16)15-28-25(30)22-12-18-11-19-14-27-24(17-7-9-26-10-8-17)20(19)13-21(18)29-22/h2-11,13,23H,12,14-15H2,1H3,(H,28,30). The zero-order valence-electron chi connectivity index (χ0n) is 17.2. The van der Waals surface area contributed by atoms with Gasteiger partial charge >= 0.3 is 0 Å². The molecule has 0 saturated carbocycles. The molecule has 2 aliphatic rings. The lowest BCUT2D eigenvalue weighted by Crippen LogP contribution is -2.34. The van der Waals surface area contributed by atoms with Crippen molar-refractivity contribution in [3.63, 3.8) is 0 Å². The van der Waals surface area contributed by atoms with E-state index in [1.807, 2.05) is 42.5 Å². The molecule has 2 aliphatic heterocycles. The van der Waals surface area contributed by atoms with Crippen LogP contribution < -0.4 is 5.32 Å². The maximum atomic E-state index is 12.8. The first-order valence-corrected chi connectivity index (χ1v) is 10.3. The molecule has 0 saturated heterocycles. The Morgan fingerprint density at radius 2 is 1.90 bits per heavy atom. The van der Waals surface area contributed by atoms with Crippen LogP contribution in [0.5, 0.6) is 0 Å². The second-order valence-electron chi connectivity index (χ2n) is 7.62. The van der Waals surface area contributed by atoms with E-state index in [1.54, 1.807) is 19.5 Å². The average molecular weight is 410 g/mol. The van der Waals surface area contributed by atoms with E-state index in [0.29, 0.717) is 25.2 Å². The highest BCUT2D eigenvalue weighted by Crippen LogP contribution is 2.34. The number of benzene rings is 2. The summed E-state index contributed by atoms with van der Waals surface area (Å²) in [5.74, 6) is -0.155. The molecule has 3 aromatic rings. The van der Waals surface area contributed by atoms with Crippen LogP contribution in [0.3, 0.4) is 0 Å². The Balaban J connectivity index is 1.31. The van der Waals surface area contributed by atoms with E-state index in [4.69, 9.17) is 9.73 Å². The molecule has 6 nitrogen and oxygen atoms in total. The maximum Gasteiger partial charge on any atom is 0.266 e. The summed E-state index contributed by atoms with van der Waals surface area (Å²) in [7, 11) is 1.65. The summed E-state index contributed by atoms with van der Waals surface area (Å²) in [5.41, 5.74) is 7.73. The Kier molecular flexibility index (Phi) is 5.14. The fraction of sp³-hybridized carbons (Fsp3) is 0.200. The van der Waals surface area contributed by atoms with Crippen molar-refractivity contribution in [3.8, 4) is 0 Å². The normalized spacial score (nSPS) is 15.0. The Bertz CT molecular complexity index is 1190. The molecule has 154 valence electrons. The summed E-state index contributed by atoms with van der Waals surface area (Å²) < 4.78 is 5.55. The molecule has 1 atom stereocenters. The summed E-state index contributed by atoms with van der Waals surface area (Å²) in [5, 5.41) is 2.98. The van der Waals surface area contributed by atoms with Crippen molar-refractivity contribution in [1.29, 1.82) is 0 Å². The number of aliphatic imine (C=N–C) groups is 2. The van der Waals surface area contributed by atoms with Crippen LogP contribution >= 0.6 is 0 Å². The van der Waals surface area contributed by atoms with Gasteiger partial charge in [-0.15, -0.1) is 0 Å². The number of hydrogen-bond acceptors (Lipinski definition) is 5. The molecule has 1 aromatic heterocycles. The molecule has 5 rings (SSSR count). The topological polar surface area (TPSA) is 75.9 Å². The lowest BCUT2D eigenvalue weighted by atomic mass is 9.97. The highest BCUT2D eigenvalue weighted by molar-refractivity contribution is 6.41.